The lowest BCUT2D eigenvalue weighted by atomic mass is 9.92. The van der Waals surface area contributed by atoms with Gasteiger partial charge in [0.05, 0.1) is 6.54 Å². The molecule has 1 aliphatic heterocycles. The molecule has 0 aliphatic carbocycles. The first-order valence-electron chi connectivity index (χ1n) is 8.39. The Labute approximate surface area is 147 Å². The first kappa shape index (κ1) is 15.5. The summed E-state index contributed by atoms with van der Waals surface area (Å²) in [6.45, 7) is 3.47. The monoisotopic (exact) mass is 329 g/mol. The number of hydrogen-bond donors (Lipinski definition) is 1. The number of aliphatic imine (C=N–C) groups is 1. The molecule has 0 atom stereocenters. The van der Waals surface area contributed by atoms with Crippen LogP contribution in [0.2, 0.25) is 0 Å². The first-order chi connectivity index (χ1) is 12.2. The summed E-state index contributed by atoms with van der Waals surface area (Å²) in [7, 11) is 0. The largest absolute Gasteiger partial charge is 0.508 e. The normalized spacial score (nSPS) is 13.4. The van der Waals surface area contributed by atoms with Crippen molar-refractivity contribution in [3.63, 3.8) is 0 Å². The molecule has 3 aromatic carbocycles. The minimum absolute atomic E-state index is 0.271. The number of phenolic OH excluding ortho intramolecular Hbond substituents is 1. The fourth-order valence-electron chi connectivity index (χ4n) is 3.16. The molecular formula is C22H19NO2. The van der Waals surface area contributed by atoms with Crippen molar-refractivity contribution in [3.8, 4) is 28.0 Å². The molecule has 1 aliphatic rings. The van der Waals surface area contributed by atoms with Gasteiger partial charge in [-0.25, -0.2) is 4.99 Å². The lowest BCUT2D eigenvalue weighted by molar-refractivity contribution is 0.348. The molecule has 0 amide bonds. The van der Waals surface area contributed by atoms with Gasteiger partial charge in [0.1, 0.15) is 12.4 Å². The fraction of sp³-hybridized carbons (Fsp3) is 0.136. The number of aromatic hydroxyl groups is 1. The zero-order valence-corrected chi connectivity index (χ0v) is 14.1. The first-order valence-corrected chi connectivity index (χ1v) is 8.39. The summed E-state index contributed by atoms with van der Waals surface area (Å²) in [6, 6.07) is 21.9. The summed E-state index contributed by atoms with van der Waals surface area (Å²) in [5, 5.41) is 9.53. The lowest BCUT2D eigenvalue weighted by Gasteiger charge is -2.14. The smallest absolute Gasteiger partial charge is 0.216 e. The Morgan fingerprint density at radius 2 is 1.60 bits per heavy atom. The van der Waals surface area contributed by atoms with Gasteiger partial charge in [-0.1, -0.05) is 42.5 Å². The molecule has 1 N–H and O–H groups in total. The van der Waals surface area contributed by atoms with Crippen molar-refractivity contribution in [3.05, 3.63) is 77.9 Å². The van der Waals surface area contributed by atoms with E-state index in [9.17, 15) is 5.11 Å². The summed E-state index contributed by atoms with van der Waals surface area (Å²) in [4.78, 5) is 4.50. The van der Waals surface area contributed by atoms with Crippen molar-refractivity contribution in [1.82, 2.24) is 0 Å². The van der Waals surface area contributed by atoms with E-state index in [2.05, 4.69) is 48.3 Å². The van der Waals surface area contributed by atoms with Crippen LogP contribution in [0.4, 0.5) is 0 Å². The van der Waals surface area contributed by atoms with Gasteiger partial charge in [-0.05, 0) is 59.0 Å². The Bertz CT molecular complexity index is 942. The Kier molecular flexibility index (Phi) is 3.98. The van der Waals surface area contributed by atoms with Crippen LogP contribution in [-0.4, -0.2) is 24.2 Å². The van der Waals surface area contributed by atoms with Crippen LogP contribution in [0.25, 0.3) is 22.3 Å². The molecule has 0 saturated carbocycles. The van der Waals surface area contributed by atoms with Gasteiger partial charge < -0.3 is 9.84 Å². The predicted octanol–water partition coefficient (Wildman–Crippen LogP) is 4.81. The van der Waals surface area contributed by atoms with E-state index in [-0.39, 0.29) is 5.75 Å². The van der Waals surface area contributed by atoms with Gasteiger partial charge in [0.2, 0.25) is 5.90 Å². The molecule has 0 radical (unpaired) electrons. The van der Waals surface area contributed by atoms with Gasteiger partial charge in [0.15, 0.2) is 0 Å². The summed E-state index contributed by atoms with van der Waals surface area (Å²) in [5.41, 5.74) is 6.69. The molecule has 3 heteroatoms. The van der Waals surface area contributed by atoms with Crippen LogP contribution in [-0.2, 0) is 4.74 Å². The molecule has 3 nitrogen and oxygen atoms in total. The van der Waals surface area contributed by atoms with Gasteiger partial charge in [-0.3, -0.25) is 0 Å². The number of rotatable bonds is 3. The molecule has 0 bridgehead atoms. The maximum atomic E-state index is 9.53. The van der Waals surface area contributed by atoms with E-state index in [4.69, 9.17) is 4.74 Å². The average molecular weight is 329 g/mol. The highest BCUT2D eigenvalue weighted by Gasteiger charge is 2.17. The van der Waals surface area contributed by atoms with Crippen LogP contribution in [0.15, 0.2) is 71.7 Å². The zero-order chi connectivity index (χ0) is 17.2. The second kappa shape index (κ2) is 6.44. The van der Waals surface area contributed by atoms with Crippen LogP contribution < -0.4 is 0 Å². The number of benzene rings is 3. The Morgan fingerprint density at radius 1 is 0.840 bits per heavy atom. The third-order valence-electron chi connectivity index (χ3n) is 4.47. The Morgan fingerprint density at radius 3 is 2.32 bits per heavy atom. The summed E-state index contributed by atoms with van der Waals surface area (Å²) in [5.74, 6) is 0.990. The molecule has 25 heavy (non-hydrogen) atoms. The minimum Gasteiger partial charge on any atom is -0.508 e. The van der Waals surface area contributed by atoms with Gasteiger partial charge in [0, 0.05) is 5.56 Å². The van der Waals surface area contributed by atoms with Crippen molar-refractivity contribution in [2.75, 3.05) is 13.2 Å². The Balaban J connectivity index is 1.89. The van der Waals surface area contributed by atoms with Gasteiger partial charge in [0.25, 0.3) is 0 Å². The molecule has 0 saturated heterocycles. The molecule has 3 aromatic rings. The highest BCUT2D eigenvalue weighted by atomic mass is 16.5. The maximum absolute atomic E-state index is 9.53. The Hall–Kier alpha value is -3.07. The van der Waals surface area contributed by atoms with Crippen molar-refractivity contribution < 1.29 is 9.84 Å². The van der Waals surface area contributed by atoms with Crippen molar-refractivity contribution >= 4 is 5.90 Å². The van der Waals surface area contributed by atoms with Gasteiger partial charge in [-0.15, -0.1) is 0 Å². The molecule has 0 aromatic heterocycles. The highest BCUT2D eigenvalue weighted by molar-refractivity contribution is 6.02. The molecule has 0 unspecified atom stereocenters. The quantitative estimate of drug-likeness (QED) is 0.749. The van der Waals surface area contributed by atoms with Crippen LogP contribution in [0, 0.1) is 6.92 Å². The summed E-state index contributed by atoms with van der Waals surface area (Å²) < 4.78 is 5.72. The lowest BCUT2D eigenvalue weighted by Crippen LogP contribution is -2.04. The van der Waals surface area contributed by atoms with E-state index < -0.39 is 0 Å². The highest BCUT2D eigenvalue weighted by Crippen LogP contribution is 2.33. The van der Waals surface area contributed by atoms with Gasteiger partial charge >= 0.3 is 0 Å². The maximum Gasteiger partial charge on any atom is 0.216 e. The van der Waals surface area contributed by atoms with Crippen LogP contribution in [0.1, 0.15) is 11.1 Å². The third kappa shape index (κ3) is 3.01. The molecular weight excluding hydrogens is 310 g/mol. The zero-order valence-electron chi connectivity index (χ0n) is 14.1. The molecule has 0 spiro atoms. The summed E-state index contributed by atoms with van der Waals surface area (Å²) in [6.07, 6.45) is 0. The molecule has 1 heterocycles. The molecule has 124 valence electrons. The predicted molar refractivity (Wildman–Crippen MR) is 101 cm³/mol. The van der Waals surface area contributed by atoms with Crippen molar-refractivity contribution in [2.45, 2.75) is 6.92 Å². The van der Waals surface area contributed by atoms with E-state index in [1.54, 1.807) is 12.1 Å². The third-order valence-corrected chi connectivity index (χ3v) is 4.47. The van der Waals surface area contributed by atoms with Crippen LogP contribution >= 0.6 is 0 Å². The molecule has 0 fully saturated rings. The average Bonchev–Trinajstić information content (AvgIpc) is 3.17. The SMILES string of the molecule is Cc1ccccc1-c1cc(-c2ccc(O)cc2)ccc1C1=NCCO1. The number of phenols is 1. The number of aryl methyl sites for hydroxylation is 1. The number of hydrogen-bond acceptors (Lipinski definition) is 3. The van der Waals surface area contributed by atoms with Crippen molar-refractivity contribution in [2.24, 2.45) is 4.99 Å². The molecule has 4 rings (SSSR count). The second-order valence-electron chi connectivity index (χ2n) is 6.16. The fourth-order valence-corrected chi connectivity index (χ4v) is 3.16. The van der Waals surface area contributed by atoms with E-state index in [0.29, 0.717) is 13.2 Å². The van der Waals surface area contributed by atoms with Crippen LogP contribution in [0.3, 0.4) is 0 Å². The van der Waals surface area contributed by atoms with Crippen LogP contribution in [0.5, 0.6) is 5.75 Å². The second-order valence-corrected chi connectivity index (χ2v) is 6.16. The number of ether oxygens (including phenoxy) is 1. The van der Waals surface area contributed by atoms with E-state index in [0.717, 1.165) is 28.2 Å². The topological polar surface area (TPSA) is 41.8 Å². The standard InChI is InChI=1S/C22H19NO2/c1-15-4-2-3-5-19(15)21-14-17(16-6-9-18(24)10-7-16)8-11-20(21)22-23-12-13-25-22/h2-11,14,24H,12-13H2,1H3. The number of nitrogens with zero attached hydrogens (tertiary/aromatic N) is 1. The minimum atomic E-state index is 0.271. The van der Waals surface area contributed by atoms with E-state index in [1.807, 2.05) is 18.2 Å². The summed E-state index contributed by atoms with van der Waals surface area (Å²) >= 11 is 0. The van der Waals surface area contributed by atoms with E-state index >= 15 is 0 Å². The van der Waals surface area contributed by atoms with E-state index in [1.165, 1.54) is 11.1 Å². The van der Waals surface area contributed by atoms with Gasteiger partial charge in [-0.2, -0.15) is 0 Å². The van der Waals surface area contributed by atoms with Crippen molar-refractivity contribution in [1.29, 1.82) is 0 Å².